The Kier molecular flexibility index (Phi) is 5.84. The van der Waals surface area contributed by atoms with Crippen molar-refractivity contribution in [3.05, 3.63) is 90.5 Å². The molecule has 4 rings (SSSR count). The number of halogens is 3. The Morgan fingerprint density at radius 3 is 2.34 bits per heavy atom. The molecule has 0 saturated heterocycles. The van der Waals surface area contributed by atoms with Crippen LogP contribution in [0.5, 0.6) is 0 Å². The highest BCUT2D eigenvalue weighted by molar-refractivity contribution is 5.92. The molecule has 162 valence electrons. The average Bonchev–Trinajstić information content (AvgIpc) is 3.30. The predicted molar refractivity (Wildman–Crippen MR) is 113 cm³/mol. The van der Waals surface area contributed by atoms with Crippen LogP contribution in [0.25, 0.3) is 5.82 Å². The summed E-state index contributed by atoms with van der Waals surface area (Å²) in [4.78, 5) is 20.6. The lowest BCUT2D eigenvalue weighted by atomic mass is 10.1. The number of carbonyl (C=O) groups excluding carboxylic acids is 1. The van der Waals surface area contributed by atoms with Gasteiger partial charge in [-0.3, -0.25) is 4.79 Å². The number of amides is 1. The topological polar surface area (TPSA) is 84.7 Å². The van der Waals surface area contributed by atoms with Gasteiger partial charge in [0.15, 0.2) is 5.82 Å². The van der Waals surface area contributed by atoms with E-state index in [1.54, 1.807) is 53.5 Å². The van der Waals surface area contributed by atoms with Crippen molar-refractivity contribution in [1.29, 1.82) is 0 Å². The van der Waals surface area contributed by atoms with E-state index in [4.69, 9.17) is 0 Å². The van der Waals surface area contributed by atoms with Crippen molar-refractivity contribution in [2.75, 3.05) is 10.6 Å². The number of hydrogen-bond donors (Lipinski definition) is 2. The Morgan fingerprint density at radius 1 is 0.969 bits per heavy atom. The lowest BCUT2D eigenvalue weighted by Gasteiger charge is -2.10. The largest absolute Gasteiger partial charge is 0.416 e. The van der Waals surface area contributed by atoms with E-state index < -0.39 is 11.7 Å². The van der Waals surface area contributed by atoms with Crippen LogP contribution in [0.1, 0.15) is 11.1 Å². The van der Waals surface area contributed by atoms with E-state index in [0.717, 1.165) is 17.8 Å². The second-order valence-corrected chi connectivity index (χ2v) is 6.83. The quantitative estimate of drug-likeness (QED) is 0.459. The zero-order chi connectivity index (χ0) is 22.6. The first-order chi connectivity index (χ1) is 15.4. The molecule has 4 aromatic rings. The maximum Gasteiger partial charge on any atom is 0.416 e. The monoisotopic (exact) mass is 438 g/mol. The number of benzene rings is 2. The fourth-order valence-corrected chi connectivity index (χ4v) is 2.93. The predicted octanol–water partition coefficient (Wildman–Crippen LogP) is 4.61. The van der Waals surface area contributed by atoms with Gasteiger partial charge in [0.1, 0.15) is 12.1 Å². The zero-order valence-corrected chi connectivity index (χ0v) is 16.5. The van der Waals surface area contributed by atoms with E-state index in [1.807, 2.05) is 0 Å². The highest BCUT2D eigenvalue weighted by atomic mass is 19.4. The number of nitrogens with one attached hydrogen (secondary N) is 2. The second kappa shape index (κ2) is 8.88. The number of rotatable bonds is 6. The molecule has 0 saturated carbocycles. The summed E-state index contributed by atoms with van der Waals surface area (Å²) in [5, 5.41) is 10.0. The number of carbonyl (C=O) groups is 1. The van der Waals surface area contributed by atoms with Crippen LogP contribution < -0.4 is 10.6 Å². The van der Waals surface area contributed by atoms with Gasteiger partial charge in [0.25, 0.3) is 0 Å². The minimum atomic E-state index is -4.40. The highest BCUT2D eigenvalue weighted by Crippen LogP contribution is 2.29. The second-order valence-electron chi connectivity index (χ2n) is 6.83. The van der Waals surface area contributed by atoms with Crippen LogP contribution >= 0.6 is 0 Å². The van der Waals surface area contributed by atoms with Gasteiger partial charge in [0.05, 0.1) is 12.0 Å². The molecule has 2 heterocycles. The van der Waals surface area contributed by atoms with Crippen LogP contribution in [-0.4, -0.2) is 25.7 Å². The van der Waals surface area contributed by atoms with Gasteiger partial charge >= 0.3 is 6.18 Å². The Bertz CT molecular complexity index is 1190. The summed E-state index contributed by atoms with van der Waals surface area (Å²) in [6, 6.07) is 15.0. The molecule has 0 fully saturated rings. The Balaban J connectivity index is 1.35. The third-order valence-corrected chi connectivity index (χ3v) is 4.48. The molecule has 1 amide bonds. The van der Waals surface area contributed by atoms with Crippen molar-refractivity contribution in [3.63, 3.8) is 0 Å². The molecular formula is C22H17F3N6O. The molecule has 0 spiro atoms. The molecule has 0 aliphatic carbocycles. The van der Waals surface area contributed by atoms with Crippen LogP contribution in [0, 0.1) is 0 Å². The summed E-state index contributed by atoms with van der Waals surface area (Å²) in [6.07, 6.45) is 0.418. The first-order valence-electron chi connectivity index (χ1n) is 9.52. The highest BCUT2D eigenvalue weighted by Gasteiger charge is 2.29. The van der Waals surface area contributed by atoms with E-state index in [-0.39, 0.29) is 12.3 Å². The van der Waals surface area contributed by atoms with Crippen molar-refractivity contribution >= 4 is 23.1 Å². The van der Waals surface area contributed by atoms with Crippen LogP contribution in [0.3, 0.4) is 0 Å². The molecule has 0 radical (unpaired) electrons. The van der Waals surface area contributed by atoms with Crippen molar-refractivity contribution in [2.24, 2.45) is 0 Å². The molecular weight excluding hydrogens is 421 g/mol. The lowest BCUT2D eigenvalue weighted by molar-refractivity contribution is -0.137. The molecule has 0 unspecified atom stereocenters. The van der Waals surface area contributed by atoms with Crippen molar-refractivity contribution in [1.82, 2.24) is 19.7 Å². The third-order valence-electron chi connectivity index (χ3n) is 4.48. The first-order valence-corrected chi connectivity index (χ1v) is 9.52. The molecule has 0 atom stereocenters. The molecule has 0 bridgehead atoms. The van der Waals surface area contributed by atoms with Crippen LogP contribution in [0.2, 0.25) is 0 Å². The third kappa shape index (κ3) is 5.28. The molecule has 7 nitrogen and oxygen atoms in total. The zero-order valence-electron chi connectivity index (χ0n) is 16.5. The van der Waals surface area contributed by atoms with Gasteiger partial charge in [-0.25, -0.2) is 14.6 Å². The average molecular weight is 438 g/mol. The van der Waals surface area contributed by atoms with E-state index in [2.05, 4.69) is 25.7 Å². The number of aromatic nitrogens is 4. The van der Waals surface area contributed by atoms with Crippen molar-refractivity contribution in [3.8, 4) is 5.82 Å². The van der Waals surface area contributed by atoms with Gasteiger partial charge in [-0.1, -0.05) is 12.1 Å². The van der Waals surface area contributed by atoms with Crippen molar-refractivity contribution in [2.45, 2.75) is 12.6 Å². The smallest absolute Gasteiger partial charge is 0.340 e. The van der Waals surface area contributed by atoms with Gasteiger partial charge in [0, 0.05) is 29.8 Å². The number of anilines is 3. The SMILES string of the molecule is O=C(Cc1ccc(C(F)(F)F)cc1)Nc1ccc(Nc2cc(-n3cccn3)ncn2)cc1. The molecule has 10 heteroatoms. The summed E-state index contributed by atoms with van der Waals surface area (Å²) >= 11 is 0. The van der Waals surface area contributed by atoms with E-state index >= 15 is 0 Å². The molecule has 2 aromatic carbocycles. The van der Waals surface area contributed by atoms with Gasteiger partial charge in [0.2, 0.25) is 5.91 Å². The van der Waals surface area contributed by atoms with Crippen LogP contribution in [0.4, 0.5) is 30.4 Å². The van der Waals surface area contributed by atoms with Gasteiger partial charge < -0.3 is 10.6 Å². The van der Waals surface area contributed by atoms with E-state index in [1.165, 1.54) is 18.5 Å². The molecule has 32 heavy (non-hydrogen) atoms. The summed E-state index contributed by atoms with van der Waals surface area (Å²) in [7, 11) is 0. The lowest BCUT2D eigenvalue weighted by Crippen LogP contribution is -2.14. The summed E-state index contributed by atoms with van der Waals surface area (Å²) < 4.78 is 39.5. The summed E-state index contributed by atoms with van der Waals surface area (Å²) in [6.45, 7) is 0. The normalized spacial score (nSPS) is 11.2. The van der Waals surface area contributed by atoms with Crippen LogP contribution in [0.15, 0.2) is 79.4 Å². The van der Waals surface area contributed by atoms with Gasteiger partial charge in [-0.15, -0.1) is 0 Å². The van der Waals surface area contributed by atoms with Crippen LogP contribution in [-0.2, 0) is 17.4 Å². The first kappa shape index (κ1) is 21.0. The van der Waals surface area contributed by atoms with Gasteiger partial charge in [-0.2, -0.15) is 18.3 Å². The fraction of sp³-hybridized carbons (Fsp3) is 0.0909. The van der Waals surface area contributed by atoms with E-state index in [9.17, 15) is 18.0 Å². The minimum absolute atomic E-state index is 0.0325. The molecule has 2 aromatic heterocycles. The molecule has 0 aliphatic rings. The molecule has 2 N–H and O–H groups in total. The van der Waals surface area contributed by atoms with Gasteiger partial charge in [-0.05, 0) is 48.0 Å². The minimum Gasteiger partial charge on any atom is -0.340 e. The van der Waals surface area contributed by atoms with Crippen molar-refractivity contribution < 1.29 is 18.0 Å². The Morgan fingerprint density at radius 2 is 1.69 bits per heavy atom. The maximum atomic E-state index is 12.6. The van der Waals surface area contributed by atoms with E-state index in [0.29, 0.717) is 22.9 Å². The fourth-order valence-electron chi connectivity index (χ4n) is 2.93. The standard InChI is InChI=1S/C22H17F3N6O/c23-22(24,25)16-4-2-15(3-5-16)12-21(32)30-18-8-6-17(7-9-18)29-19-13-20(27-14-26-19)31-11-1-10-28-31/h1-11,13-14H,12H2,(H,30,32)(H,26,27,29). The Labute approximate surface area is 181 Å². The number of nitrogens with zero attached hydrogens (tertiary/aromatic N) is 4. The Hall–Kier alpha value is -4.21. The summed E-state index contributed by atoms with van der Waals surface area (Å²) in [5.74, 6) is 0.856. The number of hydrogen-bond acceptors (Lipinski definition) is 5. The number of alkyl halides is 3. The summed E-state index contributed by atoms with van der Waals surface area (Å²) in [5.41, 5.74) is 1.05. The molecule has 0 aliphatic heterocycles. The maximum absolute atomic E-state index is 12.6.